The van der Waals surface area contributed by atoms with E-state index in [0.29, 0.717) is 6.21 Å². The van der Waals surface area contributed by atoms with Gasteiger partial charge < -0.3 is 9.52 Å². The lowest BCUT2D eigenvalue weighted by Crippen LogP contribution is -2.17. The van der Waals surface area contributed by atoms with Crippen molar-refractivity contribution in [1.82, 2.24) is 5.43 Å². The summed E-state index contributed by atoms with van der Waals surface area (Å²) < 4.78 is 4.72. The quantitative estimate of drug-likeness (QED) is 0.511. The van der Waals surface area contributed by atoms with Gasteiger partial charge in [-0.1, -0.05) is 0 Å². The van der Waals surface area contributed by atoms with Crippen LogP contribution in [-0.2, 0) is 4.79 Å². The Labute approximate surface area is 72.9 Å². The first kappa shape index (κ1) is 8.98. The number of hydrogen-bond donors (Lipinski definition) is 2. The normalized spacial score (nSPS) is 10.2. The molecule has 1 amide bonds. The number of carbonyl (C=O) groups is 2. The van der Waals surface area contributed by atoms with Gasteiger partial charge in [0.2, 0.25) is 0 Å². The maximum absolute atomic E-state index is 11.0. The van der Waals surface area contributed by atoms with Crippen molar-refractivity contribution in [2.75, 3.05) is 0 Å². The van der Waals surface area contributed by atoms with E-state index in [0.717, 1.165) is 0 Å². The van der Waals surface area contributed by atoms with E-state index < -0.39 is 11.9 Å². The van der Waals surface area contributed by atoms with Gasteiger partial charge in [-0.05, 0) is 12.1 Å². The summed E-state index contributed by atoms with van der Waals surface area (Å²) in [5, 5.41) is 11.3. The van der Waals surface area contributed by atoms with Gasteiger partial charge in [0, 0.05) is 0 Å². The lowest BCUT2D eigenvalue weighted by Gasteiger charge is -1.92. The van der Waals surface area contributed by atoms with Gasteiger partial charge in [0.05, 0.1) is 6.26 Å². The smallest absolute Gasteiger partial charge is 0.348 e. The lowest BCUT2D eigenvalue weighted by atomic mass is 10.4. The molecule has 0 bridgehead atoms. The number of nitrogens with zero attached hydrogens (tertiary/aromatic N) is 1. The Morgan fingerprint density at radius 1 is 1.62 bits per heavy atom. The third-order valence-electron chi connectivity index (χ3n) is 1.09. The van der Waals surface area contributed by atoms with E-state index in [9.17, 15) is 9.59 Å². The molecular formula is C7H6N2O4. The number of carboxylic acid groups (broad SMARTS) is 1. The van der Waals surface area contributed by atoms with Crippen LogP contribution < -0.4 is 5.43 Å². The summed E-state index contributed by atoms with van der Waals surface area (Å²) in [5.74, 6) is -1.76. The van der Waals surface area contributed by atoms with Crippen LogP contribution in [0.15, 0.2) is 27.9 Å². The zero-order valence-corrected chi connectivity index (χ0v) is 6.43. The molecule has 0 aliphatic rings. The van der Waals surface area contributed by atoms with E-state index in [-0.39, 0.29) is 5.76 Å². The van der Waals surface area contributed by atoms with E-state index in [1.807, 2.05) is 5.43 Å². The first-order chi connectivity index (χ1) is 6.20. The molecule has 1 aromatic rings. The molecule has 68 valence electrons. The average Bonchev–Trinajstić information content (AvgIpc) is 2.55. The number of carboxylic acids is 1. The summed E-state index contributed by atoms with van der Waals surface area (Å²) in [5.41, 5.74) is 1.97. The minimum Gasteiger partial charge on any atom is -0.477 e. The minimum atomic E-state index is -1.24. The first-order valence-electron chi connectivity index (χ1n) is 3.30. The van der Waals surface area contributed by atoms with Crippen molar-refractivity contribution in [2.24, 2.45) is 5.10 Å². The number of aliphatic carboxylic acids is 1. The second-order valence-corrected chi connectivity index (χ2v) is 2.01. The van der Waals surface area contributed by atoms with Crippen LogP contribution in [0.3, 0.4) is 0 Å². The molecule has 13 heavy (non-hydrogen) atoms. The van der Waals surface area contributed by atoms with Crippen molar-refractivity contribution in [3.8, 4) is 0 Å². The maximum Gasteiger partial charge on any atom is 0.348 e. The maximum atomic E-state index is 11.0. The molecule has 1 aromatic heterocycles. The molecule has 1 rings (SSSR count). The van der Waals surface area contributed by atoms with Gasteiger partial charge in [0.1, 0.15) is 6.21 Å². The van der Waals surface area contributed by atoms with E-state index >= 15 is 0 Å². The summed E-state index contributed by atoms with van der Waals surface area (Å²) >= 11 is 0. The second kappa shape index (κ2) is 4.05. The highest BCUT2D eigenvalue weighted by Crippen LogP contribution is 1.98. The van der Waals surface area contributed by atoms with Crippen LogP contribution in [0.4, 0.5) is 0 Å². The van der Waals surface area contributed by atoms with Crippen molar-refractivity contribution < 1.29 is 19.1 Å². The third kappa shape index (κ3) is 2.78. The topological polar surface area (TPSA) is 91.9 Å². The van der Waals surface area contributed by atoms with Gasteiger partial charge in [-0.3, -0.25) is 4.79 Å². The van der Waals surface area contributed by atoms with Crippen molar-refractivity contribution >= 4 is 18.1 Å². The zero-order chi connectivity index (χ0) is 9.68. The Hall–Kier alpha value is -2.11. The number of amides is 1. The highest BCUT2D eigenvalue weighted by Gasteiger charge is 2.05. The largest absolute Gasteiger partial charge is 0.477 e. The fourth-order valence-corrected chi connectivity index (χ4v) is 0.609. The Bertz CT molecular complexity index is 328. The second-order valence-electron chi connectivity index (χ2n) is 2.01. The number of furan rings is 1. The summed E-state index contributed by atoms with van der Waals surface area (Å²) in [7, 11) is 0. The fraction of sp³-hybridized carbons (Fsp3) is 0. The van der Waals surface area contributed by atoms with Crippen LogP contribution in [0.1, 0.15) is 10.6 Å². The van der Waals surface area contributed by atoms with Gasteiger partial charge in [-0.15, -0.1) is 0 Å². The van der Waals surface area contributed by atoms with Crippen molar-refractivity contribution in [3.63, 3.8) is 0 Å². The van der Waals surface area contributed by atoms with E-state index in [1.54, 1.807) is 0 Å². The molecule has 0 fully saturated rings. The minimum absolute atomic E-state index is 0.0718. The van der Waals surface area contributed by atoms with Crippen LogP contribution in [-0.4, -0.2) is 23.2 Å². The van der Waals surface area contributed by atoms with Gasteiger partial charge in [0.25, 0.3) is 0 Å². The molecule has 0 spiro atoms. The first-order valence-corrected chi connectivity index (χ1v) is 3.30. The molecular weight excluding hydrogens is 176 g/mol. The predicted molar refractivity (Wildman–Crippen MR) is 42.3 cm³/mol. The molecule has 2 N–H and O–H groups in total. The summed E-state index contributed by atoms with van der Waals surface area (Å²) in [6, 6.07) is 2.97. The van der Waals surface area contributed by atoms with Crippen LogP contribution >= 0.6 is 0 Å². The molecule has 0 saturated heterocycles. The Kier molecular flexibility index (Phi) is 2.80. The zero-order valence-electron chi connectivity index (χ0n) is 6.43. The van der Waals surface area contributed by atoms with Crippen LogP contribution in [0.2, 0.25) is 0 Å². The molecule has 0 aliphatic heterocycles. The molecule has 0 radical (unpaired) electrons. The number of carbonyl (C=O) groups excluding carboxylic acids is 1. The number of hydrazone groups is 1. The fourth-order valence-electron chi connectivity index (χ4n) is 0.609. The Balaban J connectivity index is 2.48. The van der Waals surface area contributed by atoms with Crippen LogP contribution in [0.25, 0.3) is 0 Å². The van der Waals surface area contributed by atoms with Gasteiger partial charge >= 0.3 is 11.9 Å². The third-order valence-corrected chi connectivity index (χ3v) is 1.09. The van der Waals surface area contributed by atoms with E-state index in [1.165, 1.54) is 18.4 Å². The van der Waals surface area contributed by atoms with E-state index in [4.69, 9.17) is 9.52 Å². The summed E-state index contributed by atoms with van der Waals surface area (Å²) in [4.78, 5) is 20.9. The molecule has 6 nitrogen and oxygen atoms in total. The number of rotatable bonds is 3. The Morgan fingerprint density at radius 3 is 2.92 bits per heavy atom. The number of hydrogen-bond acceptors (Lipinski definition) is 4. The summed E-state index contributed by atoms with van der Waals surface area (Å²) in [6.45, 7) is 0. The standard InChI is InChI=1S/C7H6N2O4/c10-6(11)4-8-9-7(12)5-2-1-3-13-5/h1-4H,(H,9,12)(H,10,11). The van der Waals surface area contributed by atoms with Crippen molar-refractivity contribution in [3.05, 3.63) is 24.2 Å². The van der Waals surface area contributed by atoms with Crippen molar-refractivity contribution in [1.29, 1.82) is 0 Å². The lowest BCUT2D eigenvalue weighted by molar-refractivity contribution is -0.128. The predicted octanol–water partition coefficient (Wildman–Crippen LogP) is 0.0798. The van der Waals surface area contributed by atoms with Crippen LogP contribution in [0.5, 0.6) is 0 Å². The highest BCUT2D eigenvalue weighted by molar-refractivity contribution is 6.22. The van der Waals surface area contributed by atoms with Gasteiger partial charge in [0.15, 0.2) is 5.76 Å². The molecule has 0 unspecified atom stereocenters. The van der Waals surface area contributed by atoms with Crippen molar-refractivity contribution in [2.45, 2.75) is 0 Å². The molecule has 1 heterocycles. The molecule has 0 atom stereocenters. The molecule has 0 aromatic carbocycles. The van der Waals surface area contributed by atoms with Gasteiger partial charge in [-0.2, -0.15) is 5.10 Å². The molecule has 0 aliphatic carbocycles. The molecule has 6 heteroatoms. The average molecular weight is 182 g/mol. The van der Waals surface area contributed by atoms with E-state index in [2.05, 4.69) is 5.10 Å². The molecule has 0 saturated carbocycles. The van der Waals surface area contributed by atoms with Gasteiger partial charge in [-0.25, -0.2) is 10.2 Å². The Morgan fingerprint density at radius 2 is 2.38 bits per heavy atom. The monoisotopic (exact) mass is 182 g/mol. The highest BCUT2D eigenvalue weighted by atomic mass is 16.4. The van der Waals surface area contributed by atoms with Crippen LogP contribution in [0, 0.1) is 0 Å². The number of nitrogens with one attached hydrogen (secondary N) is 1. The SMILES string of the molecule is O=C(O)C=NNC(=O)c1ccco1. The summed E-state index contributed by atoms with van der Waals surface area (Å²) in [6.07, 6.45) is 1.90.